The van der Waals surface area contributed by atoms with Crippen molar-refractivity contribution >= 4 is 10.0 Å². The van der Waals surface area contributed by atoms with E-state index in [1.807, 2.05) is 0 Å². The normalized spacial score (nSPS) is 21.3. The molecule has 114 valence electrons. The summed E-state index contributed by atoms with van der Waals surface area (Å²) >= 11 is 0. The van der Waals surface area contributed by atoms with E-state index in [1.54, 1.807) is 7.11 Å². The molecule has 5 nitrogen and oxygen atoms in total. The molecular weight excluding hydrogens is 297 g/mol. The topological polar surface area (TPSA) is 75.6 Å². The quantitative estimate of drug-likeness (QED) is 0.799. The van der Waals surface area contributed by atoms with Crippen LogP contribution in [0.25, 0.3) is 0 Å². The fraction of sp³-hybridized carbons (Fsp3) is 0.429. The molecule has 0 heterocycles. The maximum atomic E-state index is 13.9. The molecule has 1 aliphatic carbocycles. The number of hydrogen-bond acceptors (Lipinski definition) is 4. The van der Waals surface area contributed by atoms with E-state index in [4.69, 9.17) is 9.84 Å². The summed E-state index contributed by atoms with van der Waals surface area (Å²) in [6.45, 7) is -0.342. The summed E-state index contributed by atoms with van der Waals surface area (Å²) in [6, 6.07) is 3.38. The third-order valence-electron chi connectivity index (χ3n) is 3.28. The fourth-order valence-corrected chi connectivity index (χ4v) is 3.40. The number of hydrogen-bond donors (Lipinski definition) is 2. The minimum Gasteiger partial charge on any atom is -0.384 e. The number of benzene rings is 1. The minimum atomic E-state index is -3.90. The molecule has 2 N–H and O–H groups in total. The predicted molar refractivity (Wildman–Crippen MR) is 74.5 cm³/mol. The zero-order valence-corrected chi connectivity index (χ0v) is 12.3. The molecule has 1 saturated carbocycles. The largest absolute Gasteiger partial charge is 0.384 e. The molecule has 1 aromatic rings. The number of nitrogens with one attached hydrogen (secondary N) is 1. The Morgan fingerprint density at radius 1 is 1.48 bits per heavy atom. The Hall–Kier alpha value is -1.46. The maximum absolute atomic E-state index is 13.9. The lowest BCUT2D eigenvalue weighted by molar-refractivity contribution is 0.0236. The molecule has 0 aromatic heterocycles. The van der Waals surface area contributed by atoms with E-state index in [0.717, 1.165) is 6.07 Å². The Bertz CT molecular complexity index is 672. The van der Waals surface area contributed by atoms with Gasteiger partial charge in [-0.15, -0.1) is 0 Å². The first-order valence-electron chi connectivity index (χ1n) is 6.40. The van der Waals surface area contributed by atoms with Gasteiger partial charge in [0, 0.05) is 18.7 Å². The Morgan fingerprint density at radius 2 is 2.19 bits per heavy atom. The van der Waals surface area contributed by atoms with Gasteiger partial charge in [0.25, 0.3) is 0 Å². The van der Waals surface area contributed by atoms with Crippen LogP contribution < -0.4 is 4.72 Å². The fourth-order valence-electron chi connectivity index (χ4n) is 2.08. The highest BCUT2D eigenvalue weighted by Gasteiger charge is 2.33. The third-order valence-corrected chi connectivity index (χ3v) is 4.84. The lowest BCUT2D eigenvalue weighted by Gasteiger charge is -2.34. The van der Waals surface area contributed by atoms with E-state index in [9.17, 15) is 12.8 Å². The second-order valence-corrected chi connectivity index (χ2v) is 6.43. The zero-order valence-electron chi connectivity index (χ0n) is 11.5. The Kier molecular flexibility index (Phi) is 4.96. The summed E-state index contributed by atoms with van der Waals surface area (Å²) in [7, 11) is -2.33. The highest BCUT2D eigenvalue weighted by molar-refractivity contribution is 7.89. The lowest BCUT2D eigenvalue weighted by atomic mass is 9.90. The number of rotatable bonds is 4. The van der Waals surface area contributed by atoms with Gasteiger partial charge in [-0.2, -0.15) is 0 Å². The SMILES string of the molecule is COC1CC(NS(=O)(=O)c2ccc(C#CCO)cc2F)C1. The molecule has 0 bridgehead atoms. The van der Waals surface area contributed by atoms with E-state index >= 15 is 0 Å². The van der Waals surface area contributed by atoms with Gasteiger partial charge in [0.1, 0.15) is 17.3 Å². The van der Waals surface area contributed by atoms with Crippen molar-refractivity contribution in [2.75, 3.05) is 13.7 Å². The molecular formula is C14H16FNO4S. The average Bonchev–Trinajstić information content (AvgIpc) is 2.39. The van der Waals surface area contributed by atoms with Crippen LogP contribution in [-0.4, -0.2) is 39.4 Å². The van der Waals surface area contributed by atoms with Crippen LogP contribution in [0.2, 0.25) is 0 Å². The molecule has 0 atom stereocenters. The van der Waals surface area contributed by atoms with E-state index in [0.29, 0.717) is 18.4 Å². The van der Waals surface area contributed by atoms with Gasteiger partial charge in [-0.1, -0.05) is 11.8 Å². The van der Waals surface area contributed by atoms with Crippen LogP contribution in [0.1, 0.15) is 18.4 Å². The molecule has 1 fully saturated rings. The van der Waals surface area contributed by atoms with Crippen molar-refractivity contribution in [1.82, 2.24) is 4.72 Å². The van der Waals surface area contributed by atoms with Crippen molar-refractivity contribution in [3.8, 4) is 11.8 Å². The van der Waals surface area contributed by atoms with Crippen molar-refractivity contribution in [3.63, 3.8) is 0 Å². The van der Waals surface area contributed by atoms with Crippen LogP contribution in [0.3, 0.4) is 0 Å². The van der Waals surface area contributed by atoms with E-state index < -0.39 is 20.7 Å². The molecule has 21 heavy (non-hydrogen) atoms. The van der Waals surface area contributed by atoms with Gasteiger partial charge in [-0.05, 0) is 31.0 Å². The van der Waals surface area contributed by atoms with Crippen LogP contribution in [-0.2, 0) is 14.8 Å². The molecule has 0 saturated heterocycles. The lowest BCUT2D eigenvalue weighted by Crippen LogP contribution is -2.47. The summed E-state index contributed by atoms with van der Waals surface area (Å²) in [5.74, 6) is 4.02. The van der Waals surface area contributed by atoms with Crippen molar-refractivity contribution in [3.05, 3.63) is 29.6 Å². The summed E-state index contributed by atoms with van der Waals surface area (Å²) in [6.07, 6.45) is 1.22. The summed E-state index contributed by atoms with van der Waals surface area (Å²) in [5.41, 5.74) is 0.309. The number of methoxy groups -OCH3 is 1. The summed E-state index contributed by atoms with van der Waals surface area (Å²) < 4.78 is 45.7. The average molecular weight is 313 g/mol. The van der Waals surface area contributed by atoms with Crippen LogP contribution >= 0.6 is 0 Å². The molecule has 0 aliphatic heterocycles. The number of halogens is 1. The number of aliphatic hydroxyl groups excluding tert-OH is 1. The number of ether oxygens (including phenoxy) is 1. The molecule has 0 amide bonds. The van der Waals surface area contributed by atoms with Gasteiger partial charge in [-0.25, -0.2) is 17.5 Å². The zero-order chi connectivity index (χ0) is 15.5. The third kappa shape index (κ3) is 3.80. The Balaban J connectivity index is 2.13. The molecule has 7 heteroatoms. The van der Waals surface area contributed by atoms with E-state index in [2.05, 4.69) is 16.6 Å². The number of aliphatic hydroxyl groups is 1. The molecule has 1 aromatic carbocycles. The second-order valence-electron chi connectivity index (χ2n) is 4.75. The smallest absolute Gasteiger partial charge is 0.243 e. The summed E-state index contributed by atoms with van der Waals surface area (Å²) in [4.78, 5) is -0.405. The molecule has 0 spiro atoms. The predicted octanol–water partition coefficient (Wildman–Crippen LogP) is 0.625. The molecule has 0 radical (unpaired) electrons. The maximum Gasteiger partial charge on any atom is 0.243 e. The monoisotopic (exact) mass is 313 g/mol. The first kappa shape index (κ1) is 15.9. The highest BCUT2D eigenvalue weighted by Crippen LogP contribution is 2.25. The van der Waals surface area contributed by atoms with Gasteiger partial charge in [-0.3, -0.25) is 0 Å². The van der Waals surface area contributed by atoms with E-state index in [-0.39, 0.29) is 18.8 Å². The van der Waals surface area contributed by atoms with Crippen molar-refractivity contribution in [1.29, 1.82) is 0 Å². The second kappa shape index (κ2) is 6.54. The first-order chi connectivity index (χ1) is 9.96. The molecule has 2 rings (SSSR count). The molecule has 0 unspecified atom stereocenters. The molecule has 1 aliphatic rings. The van der Waals surface area contributed by atoms with Gasteiger partial charge in [0.2, 0.25) is 10.0 Å². The van der Waals surface area contributed by atoms with Crippen LogP contribution in [0.4, 0.5) is 4.39 Å². The van der Waals surface area contributed by atoms with Gasteiger partial charge in [0.05, 0.1) is 6.10 Å². The Labute approximate surface area is 123 Å². The standard InChI is InChI=1S/C14H16FNO4S/c1-20-12-8-11(9-12)16-21(18,19)14-5-4-10(3-2-6-17)7-13(14)15/h4-5,7,11-12,16-17H,6,8-9H2,1H3. The number of sulfonamides is 1. The summed E-state index contributed by atoms with van der Waals surface area (Å²) in [5, 5.41) is 8.57. The van der Waals surface area contributed by atoms with Crippen molar-refractivity contribution < 1.29 is 22.7 Å². The Morgan fingerprint density at radius 3 is 2.76 bits per heavy atom. The van der Waals surface area contributed by atoms with Crippen LogP contribution in [0.5, 0.6) is 0 Å². The van der Waals surface area contributed by atoms with Crippen molar-refractivity contribution in [2.45, 2.75) is 29.9 Å². The minimum absolute atomic E-state index is 0.0543. The van der Waals surface area contributed by atoms with E-state index in [1.165, 1.54) is 12.1 Å². The van der Waals surface area contributed by atoms with Crippen molar-refractivity contribution in [2.24, 2.45) is 0 Å². The highest BCUT2D eigenvalue weighted by atomic mass is 32.2. The first-order valence-corrected chi connectivity index (χ1v) is 7.89. The van der Waals surface area contributed by atoms with Crippen LogP contribution in [0.15, 0.2) is 23.1 Å². The van der Waals surface area contributed by atoms with Gasteiger partial charge in [0.15, 0.2) is 0 Å². The van der Waals surface area contributed by atoms with Gasteiger partial charge >= 0.3 is 0 Å². The van der Waals surface area contributed by atoms with Gasteiger partial charge < -0.3 is 9.84 Å². The van der Waals surface area contributed by atoms with Crippen LogP contribution in [0, 0.1) is 17.7 Å².